The van der Waals surface area contributed by atoms with Crippen LogP contribution in [-0.4, -0.2) is 9.55 Å². The Morgan fingerprint density at radius 3 is 1.65 bits per heavy atom. The largest absolute Gasteiger partial charge is 0.509 e. The maximum absolute atomic E-state index is 6.89. The molecular formula is C56H69N4OPt-3. The Morgan fingerprint density at radius 2 is 1.08 bits per heavy atom. The molecule has 5 nitrogen and oxygen atoms in total. The van der Waals surface area contributed by atoms with Crippen molar-refractivity contribution in [3.63, 3.8) is 0 Å². The molecular weight excluding hydrogens is 940 g/mol. The molecule has 1 aliphatic heterocycles. The predicted molar refractivity (Wildman–Crippen MR) is 260 cm³/mol. The minimum atomic E-state index is -0.163. The molecule has 0 unspecified atom stereocenters. The number of anilines is 2. The fraction of sp³-hybridized carbons (Fsp3) is 0.429. The van der Waals surface area contributed by atoms with Gasteiger partial charge in [0.25, 0.3) is 0 Å². The van der Waals surface area contributed by atoms with Crippen molar-refractivity contribution in [3.8, 4) is 17.3 Å². The second-order valence-corrected chi connectivity index (χ2v) is 23.5. The number of aromatic nitrogens is 2. The third-order valence-corrected chi connectivity index (χ3v) is 12.0. The fourth-order valence-electron chi connectivity index (χ4n) is 7.89. The van der Waals surface area contributed by atoms with E-state index in [1.54, 1.807) is 0 Å². The van der Waals surface area contributed by atoms with Gasteiger partial charge in [0.15, 0.2) is 0 Å². The Balaban J connectivity index is 0.00000641. The summed E-state index contributed by atoms with van der Waals surface area (Å²) in [4.78, 5) is 9.53. The zero-order chi connectivity index (χ0) is 44.8. The molecule has 1 aliphatic rings. The van der Waals surface area contributed by atoms with Gasteiger partial charge in [-0.2, -0.15) is 6.07 Å². The summed E-state index contributed by atoms with van der Waals surface area (Å²) in [5.41, 5.74) is 11.3. The van der Waals surface area contributed by atoms with Crippen LogP contribution < -0.4 is 14.5 Å². The summed E-state index contributed by atoms with van der Waals surface area (Å²) in [6, 6.07) is 34.3. The van der Waals surface area contributed by atoms with Crippen molar-refractivity contribution in [1.82, 2.24) is 9.55 Å². The molecule has 0 N–H and O–H groups in total. The quantitative estimate of drug-likeness (QED) is 0.161. The molecule has 0 saturated carbocycles. The third kappa shape index (κ3) is 9.59. The van der Waals surface area contributed by atoms with Crippen molar-refractivity contribution in [3.05, 3.63) is 138 Å². The standard InChI is InChI=1S/C56H69N4O.Pt/c1-51(2,3)36-19-22-47-46(30-36)45-21-20-43(33-48(45)60(47)50-31-37(23-24-57-50)52(4,5)6)61-44-29-40(55(13,14)15)28-42(32-44)59-35-58(34-49(59)56(16,17)18)41-26-38(53(7,8)9)25-39(27-41)54(10,11)12;/h19-31,34-35H,1-18H3;/q-3;. The maximum Gasteiger partial charge on any atom is 0.135 e. The first kappa shape index (κ1) is 47.1. The van der Waals surface area contributed by atoms with Gasteiger partial charge in [0, 0.05) is 61.1 Å². The summed E-state index contributed by atoms with van der Waals surface area (Å²) in [7, 11) is 0. The van der Waals surface area contributed by atoms with Gasteiger partial charge in [0.2, 0.25) is 0 Å². The topological polar surface area (TPSA) is 33.5 Å². The molecule has 0 amide bonds. The van der Waals surface area contributed by atoms with Gasteiger partial charge in [-0.25, -0.2) is 4.98 Å². The van der Waals surface area contributed by atoms with Crippen LogP contribution in [0.15, 0.2) is 90.9 Å². The second kappa shape index (κ2) is 16.0. The van der Waals surface area contributed by atoms with Crippen molar-refractivity contribution in [2.75, 3.05) is 9.80 Å². The SMILES string of the molecule is CC(C)(C)C1=CN(c2cc(C(C)(C)C)cc(C(C)(C)C)c2)[CH-]N1c1[c-]c(Oc2[c-]c3c(cc2)c2cc(C(C)(C)C)ccc2n3-c2cc(C(C)(C)C)ccn2)cc(C(C)(C)C)c1.[Pt]. The van der Waals surface area contributed by atoms with Crippen molar-refractivity contribution in [2.45, 2.75) is 152 Å². The van der Waals surface area contributed by atoms with E-state index in [0.717, 1.165) is 39.2 Å². The Hall–Kier alpha value is -4.34. The van der Waals surface area contributed by atoms with E-state index < -0.39 is 0 Å². The van der Waals surface area contributed by atoms with Crippen LogP contribution in [0.25, 0.3) is 27.6 Å². The van der Waals surface area contributed by atoms with Crippen LogP contribution in [0.5, 0.6) is 11.5 Å². The first-order chi connectivity index (χ1) is 28.0. The summed E-state index contributed by atoms with van der Waals surface area (Å²) < 4.78 is 9.13. The average molecular weight is 1010 g/mol. The molecule has 0 bridgehead atoms. The second-order valence-electron chi connectivity index (χ2n) is 23.5. The van der Waals surface area contributed by atoms with E-state index in [9.17, 15) is 0 Å². The molecule has 332 valence electrons. The molecule has 2 aromatic heterocycles. The molecule has 0 fully saturated rings. The van der Waals surface area contributed by atoms with Crippen LogP contribution in [0.2, 0.25) is 0 Å². The van der Waals surface area contributed by atoms with Gasteiger partial charge in [-0.3, -0.25) is 0 Å². The number of rotatable bonds is 5. The summed E-state index contributed by atoms with van der Waals surface area (Å²) in [5, 5.41) is 2.29. The maximum atomic E-state index is 6.89. The Labute approximate surface area is 388 Å². The first-order valence-electron chi connectivity index (χ1n) is 22.0. The number of fused-ring (bicyclic) bond motifs is 3. The molecule has 0 spiro atoms. The van der Waals surface area contributed by atoms with Crippen molar-refractivity contribution in [2.24, 2.45) is 5.41 Å². The number of ether oxygens (including phenoxy) is 1. The Kier molecular flexibility index (Phi) is 12.2. The van der Waals surface area contributed by atoms with Crippen LogP contribution in [0.3, 0.4) is 0 Å². The van der Waals surface area contributed by atoms with Crippen molar-refractivity contribution in [1.29, 1.82) is 0 Å². The van der Waals surface area contributed by atoms with Crippen LogP contribution in [0, 0.1) is 24.2 Å². The number of pyridine rings is 1. The van der Waals surface area contributed by atoms with E-state index in [1.807, 2.05) is 12.3 Å². The molecule has 0 atom stereocenters. The number of hydrogen-bond donors (Lipinski definition) is 0. The van der Waals surface area contributed by atoms with E-state index in [-0.39, 0.29) is 53.6 Å². The van der Waals surface area contributed by atoms with Gasteiger partial charge in [0.05, 0.1) is 0 Å². The monoisotopic (exact) mass is 1010 g/mol. The van der Waals surface area contributed by atoms with Gasteiger partial charge in [-0.1, -0.05) is 148 Å². The van der Waals surface area contributed by atoms with Crippen molar-refractivity contribution >= 4 is 33.2 Å². The molecule has 0 aliphatic carbocycles. The van der Waals surface area contributed by atoms with E-state index in [1.165, 1.54) is 33.3 Å². The van der Waals surface area contributed by atoms with E-state index in [0.29, 0.717) is 11.5 Å². The normalized spacial score (nSPS) is 14.5. The van der Waals surface area contributed by atoms with Crippen LogP contribution >= 0.6 is 0 Å². The van der Waals surface area contributed by atoms with Gasteiger partial charge >= 0.3 is 0 Å². The minimum Gasteiger partial charge on any atom is -0.509 e. The van der Waals surface area contributed by atoms with Crippen molar-refractivity contribution < 1.29 is 25.8 Å². The van der Waals surface area contributed by atoms with Crippen LogP contribution in [0.4, 0.5) is 11.4 Å². The molecule has 6 aromatic rings. The fourth-order valence-corrected chi connectivity index (χ4v) is 7.89. The molecule has 7 rings (SSSR count). The molecule has 3 heterocycles. The molecule has 0 saturated heterocycles. The zero-order valence-electron chi connectivity index (χ0n) is 40.7. The summed E-state index contributed by atoms with van der Waals surface area (Å²) in [6.45, 7) is 43.1. The smallest absolute Gasteiger partial charge is 0.135 e. The first-order valence-corrected chi connectivity index (χ1v) is 22.0. The summed E-state index contributed by atoms with van der Waals surface area (Å²) >= 11 is 0. The zero-order valence-corrected chi connectivity index (χ0v) is 42.9. The molecule has 6 heteroatoms. The Morgan fingerprint density at radius 1 is 0.516 bits per heavy atom. The minimum absolute atomic E-state index is 0. The average Bonchev–Trinajstić information content (AvgIpc) is 3.73. The third-order valence-electron chi connectivity index (χ3n) is 12.0. The number of nitrogens with zero attached hydrogens (tertiary/aromatic N) is 4. The molecule has 4 aromatic carbocycles. The summed E-state index contributed by atoms with van der Waals surface area (Å²) in [5.74, 6) is 2.14. The Bertz CT molecular complexity index is 2630. The van der Waals surface area contributed by atoms with Gasteiger partial charge in [-0.15, -0.1) is 53.6 Å². The molecule has 62 heavy (non-hydrogen) atoms. The van der Waals surface area contributed by atoms with E-state index in [4.69, 9.17) is 9.72 Å². The van der Waals surface area contributed by atoms with E-state index in [2.05, 4.69) is 231 Å². The number of hydrogen-bond acceptors (Lipinski definition) is 4. The van der Waals surface area contributed by atoms with E-state index >= 15 is 0 Å². The van der Waals surface area contributed by atoms with Gasteiger partial charge in [-0.05, 0) is 91.2 Å². The van der Waals surface area contributed by atoms with Gasteiger partial charge < -0.3 is 19.1 Å². The van der Waals surface area contributed by atoms with Crippen LogP contribution in [0.1, 0.15) is 152 Å². The summed E-state index contributed by atoms with van der Waals surface area (Å²) in [6.07, 6.45) is 4.22. The predicted octanol–water partition coefficient (Wildman–Crippen LogP) is 15.4. The molecule has 0 radical (unpaired) electrons. The number of allylic oxidation sites excluding steroid dienone is 1. The number of benzene rings is 4. The van der Waals surface area contributed by atoms with Crippen LogP contribution in [-0.2, 0) is 48.1 Å². The van der Waals surface area contributed by atoms with Gasteiger partial charge in [0.1, 0.15) is 5.82 Å².